The molecule has 2 amide bonds. The Hall–Kier alpha value is -3.74. The van der Waals surface area contributed by atoms with E-state index >= 15 is 0 Å². The number of furan rings is 1. The Labute approximate surface area is 187 Å². The maximum absolute atomic E-state index is 12.4. The van der Waals surface area contributed by atoms with Gasteiger partial charge in [-0.2, -0.15) is 0 Å². The SMILES string of the molecule is COc1ccccc1CCNC(=O)C(=O)NCC(c1ccco1)N1CCc2ccccc21. The van der Waals surface area contributed by atoms with Crippen molar-refractivity contribution in [2.45, 2.75) is 18.9 Å². The van der Waals surface area contributed by atoms with Gasteiger partial charge in [0.25, 0.3) is 0 Å². The summed E-state index contributed by atoms with van der Waals surface area (Å²) in [4.78, 5) is 27.0. The van der Waals surface area contributed by atoms with Crippen molar-refractivity contribution in [1.82, 2.24) is 10.6 Å². The summed E-state index contributed by atoms with van der Waals surface area (Å²) < 4.78 is 11.0. The molecule has 0 fully saturated rings. The van der Waals surface area contributed by atoms with Crippen LogP contribution in [0, 0.1) is 0 Å². The molecule has 0 spiro atoms. The number of amides is 2. The molecule has 4 rings (SSSR count). The van der Waals surface area contributed by atoms with E-state index in [1.54, 1.807) is 13.4 Å². The summed E-state index contributed by atoms with van der Waals surface area (Å²) in [5.41, 5.74) is 3.37. The van der Waals surface area contributed by atoms with E-state index < -0.39 is 11.8 Å². The minimum absolute atomic E-state index is 0.195. The highest BCUT2D eigenvalue weighted by Crippen LogP contribution is 2.34. The van der Waals surface area contributed by atoms with Crippen molar-refractivity contribution in [3.8, 4) is 5.75 Å². The highest BCUT2D eigenvalue weighted by atomic mass is 16.5. The zero-order chi connectivity index (χ0) is 22.3. The van der Waals surface area contributed by atoms with E-state index in [2.05, 4.69) is 27.7 Å². The van der Waals surface area contributed by atoms with Crippen LogP contribution in [0.25, 0.3) is 0 Å². The average molecular weight is 434 g/mol. The van der Waals surface area contributed by atoms with Crippen molar-refractivity contribution in [2.24, 2.45) is 0 Å². The van der Waals surface area contributed by atoms with E-state index in [0.29, 0.717) is 13.0 Å². The largest absolute Gasteiger partial charge is 0.496 e. The van der Waals surface area contributed by atoms with Crippen LogP contribution in [-0.4, -0.2) is 38.6 Å². The van der Waals surface area contributed by atoms with Gasteiger partial charge in [0.2, 0.25) is 0 Å². The van der Waals surface area contributed by atoms with Crippen LogP contribution >= 0.6 is 0 Å². The third kappa shape index (κ3) is 4.77. The lowest BCUT2D eigenvalue weighted by atomic mass is 10.1. The van der Waals surface area contributed by atoms with Gasteiger partial charge in [-0.05, 0) is 48.2 Å². The molecular formula is C25H27N3O4. The molecule has 0 saturated heterocycles. The van der Waals surface area contributed by atoms with Crippen LogP contribution in [0.1, 0.15) is 22.9 Å². The number of benzene rings is 2. The predicted octanol–water partition coefficient (Wildman–Crippen LogP) is 2.87. The smallest absolute Gasteiger partial charge is 0.309 e. The zero-order valence-electron chi connectivity index (χ0n) is 18.0. The Morgan fingerprint density at radius 1 is 1.03 bits per heavy atom. The number of ether oxygens (including phenoxy) is 1. The van der Waals surface area contributed by atoms with Crippen molar-refractivity contribution in [3.63, 3.8) is 0 Å². The van der Waals surface area contributed by atoms with Crippen molar-refractivity contribution in [3.05, 3.63) is 83.8 Å². The number of hydrogen-bond donors (Lipinski definition) is 2. The maximum atomic E-state index is 12.4. The van der Waals surface area contributed by atoms with Gasteiger partial charge in [0.05, 0.1) is 13.4 Å². The van der Waals surface area contributed by atoms with Crippen LogP contribution in [0.15, 0.2) is 71.3 Å². The van der Waals surface area contributed by atoms with E-state index in [1.807, 2.05) is 48.5 Å². The molecule has 3 aromatic rings. The minimum atomic E-state index is -0.658. The molecule has 0 saturated carbocycles. The lowest BCUT2D eigenvalue weighted by molar-refractivity contribution is -0.139. The first-order chi connectivity index (χ1) is 15.7. The molecule has 2 N–H and O–H groups in total. The fourth-order valence-electron chi connectivity index (χ4n) is 4.10. The highest BCUT2D eigenvalue weighted by Gasteiger charge is 2.29. The van der Waals surface area contributed by atoms with E-state index in [-0.39, 0.29) is 12.6 Å². The van der Waals surface area contributed by atoms with Gasteiger partial charge in [-0.1, -0.05) is 36.4 Å². The number of para-hydroxylation sites is 2. The molecule has 7 heteroatoms. The molecule has 1 aliphatic heterocycles. The van der Waals surface area contributed by atoms with Gasteiger partial charge < -0.3 is 24.7 Å². The molecule has 1 atom stereocenters. The summed E-state index contributed by atoms with van der Waals surface area (Å²) in [5, 5.41) is 5.45. The molecule has 0 bridgehead atoms. The molecule has 2 aromatic carbocycles. The number of fused-ring (bicyclic) bond motifs is 1. The maximum Gasteiger partial charge on any atom is 0.309 e. The minimum Gasteiger partial charge on any atom is -0.496 e. The van der Waals surface area contributed by atoms with Gasteiger partial charge >= 0.3 is 11.8 Å². The average Bonchev–Trinajstić information content (AvgIpc) is 3.50. The first-order valence-electron chi connectivity index (χ1n) is 10.7. The molecule has 0 aliphatic carbocycles. The van der Waals surface area contributed by atoms with Crippen molar-refractivity contribution in [2.75, 3.05) is 31.6 Å². The van der Waals surface area contributed by atoms with Crippen LogP contribution in [0.2, 0.25) is 0 Å². The van der Waals surface area contributed by atoms with Crippen molar-refractivity contribution >= 4 is 17.5 Å². The van der Waals surface area contributed by atoms with Gasteiger partial charge in [-0.3, -0.25) is 9.59 Å². The molecule has 7 nitrogen and oxygen atoms in total. The third-order valence-electron chi connectivity index (χ3n) is 5.71. The molecule has 32 heavy (non-hydrogen) atoms. The quantitative estimate of drug-likeness (QED) is 0.534. The van der Waals surface area contributed by atoms with Gasteiger partial charge in [0.1, 0.15) is 17.6 Å². The first kappa shape index (κ1) is 21.5. The molecule has 1 unspecified atom stereocenters. The Balaban J connectivity index is 1.34. The van der Waals surface area contributed by atoms with Gasteiger partial charge in [-0.15, -0.1) is 0 Å². The van der Waals surface area contributed by atoms with Crippen molar-refractivity contribution in [1.29, 1.82) is 0 Å². The second kappa shape index (κ2) is 10.0. The fraction of sp³-hybridized carbons (Fsp3) is 0.280. The standard InChI is InChI=1S/C25H27N3O4/c1-31-22-10-5-3-8-19(22)12-14-26-24(29)25(30)27-17-21(23-11-6-16-32-23)28-15-13-18-7-2-4-9-20(18)28/h2-11,16,21H,12-15,17H2,1H3,(H,26,29)(H,27,30). The van der Waals surface area contributed by atoms with E-state index in [4.69, 9.17) is 9.15 Å². The van der Waals surface area contributed by atoms with Gasteiger partial charge in [0.15, 0.2) is 0 Å². The first-order valence-corrected chi connectivity index (χ1v) is 10.7. The van der Waals surface area contributed by atoms with Gasteiger partial charge in [0, 0.05) is 25.3 Å². The summed E-state index contributed by atoms with van der Waals surface area (Å²) in [7, 11) is 1.61. The number of carbonyl (C=O) groups is 2. The topological polar surface area (TPSA) is 83.8 Å². The zero-order valence-corrected chi connectivity index (χ0v) is 18.0. The van der Waals surface area contributed by atoms with E-state index in [0.717, 1.165) is 35.7 Å². The summed E-state index contributed by atoms with van der Waals surface area (Å²) in [6, 6.07) is 19.4. The summed E-state index contributed by atoms with van der Waals surface area (Å²) in [5.74, 6) is 0.200. The number of methoxy groups -OCH3 is 1. The fourth-order valence-corrected chi connectivity index (χ4v) is 4.10. The number of anilines is 1. The van der Waals surface area contributed by atoms with Gasteiger partial charge in [-0.25, -0.2) is 0 Å². The van der Waals surface area contributed by atoms with Crippen LogP contribution in [0.3, 0.4) is 0 Å². The number of rotatable bonds is 8. The lowest BCUT2D eigenvalue weighted by Crippen LogP contribution is -2.44. The van der Waals surface area contributed by atoms with Crippen LogP contribution in [-0.2, 0) is 22.4 Å². The normalized spacial score (nSPS) is 13.3. The van der Waals surface area contributed by atoms with Crippen molar-refractivity contribution < 1.29 is 18.7 Å². The van der Waals surface area contributed by atoms with E-state index in [1.165, 1.54) is 5.56 Å². The molecular weight excluding hydrogens is 406 g/mol. The Kier molecular flexibility index (Phi) is 6.75. The van der Waals surface area contributed by atoms with E-state index in [9.17, 15) is 9.59 Å². The summed E-state index contributed by atoms with van der Waals surface area (Å²) in [6.07, 6.45) is 3.13. The second-order valence-corrected chi connectivity index (χ2v) is 7.63. The highest BCUT2D eigenvalue weighted by molar-refractivity contribution is 6.35. The molecule has 0 radical (unpaired) electrons. The number of carbonyl (C=O) groups excluding carboxylic acids is 2. The Morgan fingerprint density at radius 2 is 1.81 bits per heavy atom. The lowest BCUT2D eigenvalue weighted by Gasteiger charge is -2.29. The molecule has 166 valence electrons. The third-order valence-corrected chi connectivity index (χ3v) is 5.71. The summed E-state index contributed by atoms with van der Waals surface area (Å²) in [6.45, 7) is 1.43. The summed E-state index contributed by atoms with van der Waals surface area (Å²) >= 11 is 0. The predicted molar refractivity (Wildman–Crippen MR) is 122 cm³/mol. The monoisotopic (exact) mass is 433 g/mol. The molecule has 1 aromatic heterocycles. The number of nitrogens with zero attached hydrogens (tertiary/aromatic N) is 1. The van der Waals surface area contributed by atoms with Crippen LogP contribution in [0.4, 0.5) is 5.69 Å². The van der Waals surface area contributed by atoms with Crippen LogP contribution < -0.4 is 20.3 Å². The second-order valence-electron chi connectivity index (χ2n) is 7.63. The Morgan fingerprint density at radius 3 is 2.62 bits per heavy atom. The Bertz CT molecular complexity index is 1060. The van der Waals surface area contributed by atoms with Crippen LogP contribution in [0.5, 0.6) is 5.75 Å². The molecule has 1 aliphatic rings. The molecule has 2 heterocycles. The number of hydrogen-bond acceptors (Lipinski definition) is 5. The number of nitrogens with one attached hydrogen (secondary N) is 2.